The molecular formula is C20H16ClFN2OS2. The van der Waals surface area contributed by atoms with Gasteiger partial charge >= 0.3 is 0 Å². The van der Waals surface area contributed by atoms with Gasteiger partial charge in [0.15, 0.2) is 0 Å². The summed E-state index contributed by atoms with van der Waals surface area (Å²) in [5.41, 5.74) is 3.65. The van der Waals surface area contributed by atoms with Crippen molar-refractivity contribution in [1.82, 2.24) is 9.88 Å². The summed E-state index contributed by atoms with van der Waals surface area (Å²) in [4.78, 5) is 20.1. The number of hydrogen-bond donors (Lipinski definition) is 0. The van der Waals surface area contributed by atoms with E-state index in [1.807, 2.05) is 17.5 Å². The van der Waals surface area contributed by atoms with E-state index in [9.17, 15) is 9.18 Å². The molecule has 7 heteroatoms. The highest BCUT2D eigenvalue weighted by Gasteiger charge is 2.32. The molecule has 0 N–H and O–H groups in total. The first-order valence-corrected chi connectivity index (χ1v) is 10.4. The van der Waals surface area contributed by atoms with Crippen LogP contribution in [0.1, 0.15) is 27.5 Å². The first kappa shape index (κ1) is 18.3. The Morgan fingerprint density at radius 1 is 1.44 bits per heavy atom. The molecule has 1 aliphatic heterocycles. The van der Waals surface area contributed by atoms with Crippen LogP contribution in [0.4, 0.5) is 4.39 Å². The van der Waals surface area contributed by atoms with Gasteiger partial charge in [-0.1, -0.05) is 18.2 Å². The minimum absolute atomic E-state index is 0.00742. The molecule has 4 rings (SSSR count). The summed E-state index contributed by atoms with van der Waals surface area (Å²) in [6.45, 7) is 6.43. The van der Waals surface area contributed by atoms with Crippen LogP contribution >= 0.6 is 34.3 Å². The van der Waals surface area contributed by atoms with E-state index in [1.165, 1.54) is 17.4 Å². The molecule has 0 radical (unpaired) electrons. The van der Waals surface area contributed by atoms with Crippen molar-refractivity contribution < 1.29 is 9.18 Å². The number of pyridine rings is 1. The lowest BCUT2D eigenvalue weighted by molar-refractivity contribution is -0.127. The Balaban J connectivity index is 1.81. The number of fused-ring (bicyclic) bond motifs is 1. The molecule has 0 spiro atoms. The van der Waals surface area contributed by atoms with Crippen LogP contribution in [0.5, 0.6) is 0 Å². The summed E-state index contributed by atoms with van der Waals surface area (Å²) in [6, 6.07) is 5.88. The summed E-state index contributed by atoms with van der Waals surface area (Å²) < 4.78 is 14.3. The first-order chi connectivity index (χ1) is 13.0. The van der Waals surface area contributed by atoms with E-state index < -0.39 is 5.95 Å². The molecule has 3 aromatic rings. The van der Waals surface area contributed by atoms with Gasteiger partial charge in [0.05, 0.1) is 10.9 Å². The summed E-state index contributed by atoms with van der Waals surface area (Å²) in [5.74, 6) is -0.538. The van der Waals surface area contributed by atoms with Crippen molar-refractivity contribution in [1.29, 1.82) is 0 Å². The Hall–Kier alpha value is -2.02. The average Bonchev–Trinajstić information content (AvgIpc) is 3.28. The number of aromatic nitrogens is 1. The van der Waals surface area contributed by atoms with Gasteiger partial charge in [-0.15, -0.1) is 22.7 Å². The largest absolute Gasteiger partial charge is 0.333 e. The van der Waals surface area contributed by atoms with Crippen molar-refractivity contribution in [3.05, 3.63) is 74.3 Å². The van der Waals surface area contributed by atoms with E-state index in [2.05, 4.69) is 17.6 Å². The quantitative estimate of drug-likeness (QED) is 0.407. The number of hydrogen-bond acceptors (Lipinski definition) is 4. The van der Waals surface area contributed by atoms with Crippen molar-refractivity contribution in [2.24, 2.45) is 0 Å². The fraction of sp³-hybridized carbons (Fsp3) is 0.200. The van der Waals surface area contributed by atoms with Gasteiger partial charge in [-0.05, 0) is 47.7 Å². The summed E-state index contributed by atoms with van der Waals surface area (Å²) in [6.07, 6.45) is 2.91. The fourth-order valence-corrected chi connectivity index (χ4v) is 5.76. The maximum atomic E-state index is 13.6. The van der Waals surface area contributed by atoms with Crippen LogP contribution in [0.3, 0.4) is 0 Å². The normalized spacial score (nSPS) is 16.3. The van der Waals surface area contributed by atoms with Crippen LogP contribution in [-0.4, -0.2) is 22.3 Å². The Bertz CT molecular complexity index is 1040. The van der Waals surface area contributed by atoms with Crippen molar-refractivity contribution in [2.45, 2.75) is 19.4 Å². The van der Waals surface area contributed by atoms with Crippen LogP contribution in [0.15, 0.2) is 42.4 Å². The second kappa shape index (κ2) is 7.19. The molecule has 1 atom stereocenters. The number of halogens is 2. The second-order valence-corrected chi connectivity index (χ2v) is 9.13. The molecule has 0 unspecified atom stereocenters. The maximum Gasteiger partial charge on any atom is 0.246 e. The molecule has 0 fully saturated rings. The molecule has 0 saturated heterocycles. The van der Waals surface area contributed by atoms with Gasteiger partial charge in [-0.2, -0.15) is 4.39 Å². The molecule has 138 valence electrons. The highest BCUT2D eigenvalue weighted by atomic mass is 35.5. The van der Waals surface area contributed by atoms with E-state index in [1.54, 1.807) is 29.4 Å². The predicted molar refractivity (Wildman–Crippen MR) is 109 cm³/mol. The second-order valence-electron chi connectivity index (χ2n) is 6.44. The molecule has 0 saturated carbocycles. The lowest BCUT2D eigenvalue weighted by Gasteiger charge is -2.32. The van der Waals surface area contributed by atoms with Gasteiger partial charge in [-0.3, -0.25) is 4.79 Å². The number of nitrogens with zero attached hydrogens (tertiary/aromatic N) is 2. The smallest absolute Gasteiger partial charge is 0.246 e. The lowest BCUT2D eigenvalue weighted by Crippen LogP contribution is -2.36. The third kappa shape index (κ3) is 3.33. The SMILES string of the molecule is C=CC(=O)N1Cc2sc(Cl)cc2[C@@H](c2ccsc2-c2cnc(F)c(C)c2)C1. The monoisotopic (exact) mass is 418 g/mol. The summed E-state index contributed by atoms with van der Waals surface area (Å²) in [7, 11) is 0. The Morgan fingerprint density at radius 2 is 2.26 bits per heavy atom. The van der Waals surface area contributed by atoms with Crippen LogP contribution < -0.4 is 0 Å². The van der Waals surface area contributed by atoms with Gasteiger partial charge in [0.1, 0.15) is 0 Å². The van der Waals surface area contributed by atoms with E-state index in [-0.39, 0.29) is 11.8 Å². The minimum Gasteiger partial charge on any atom is -0.333 e. The van der Waals surface area contributed by atoms with Crippen molar-refractivity contribution in [3.63, 3.8) is 0 Å². The lowest BCUT2D eigenvalue weighted by atomic mass is 9.87. The molecule has 0 aromatic carbocycles. The highest BCUT2D eigenvalue weighted by molar-refractivity contribution is 7.16. The van der Waals surface area contributed by atoms with Crippen molar-refractivity contribution in [2.75, 3.05) is 6.54 Å². The van der Waals surface area contributed by atoms with Crippen LogP contribution in [0.2, 0.25) is 4.34 Å². The Kier molecular flexibility index (Phi) is 4.88. The molecule has 0 aliphatic carbocycles. The average molecular weight is 419 g/mol. The number of thiophene rings is 2. The molecular weight excluding hydrogens is 403 g/mol. The minimum atomic E-state index is -0.454. The molecule has 1 aliphatic rings. The standard InChI is InChI=1S/C20H16ClFN2OS2/c1-3-18(25)24-9-15(14-7-17(21)27-16(14)10-24)13-4-5-26-19(13)12-6-11(2)20(22)23-8-12/h3-8,15H,1,9-10H2,2H3/t15-/m1/s1. The summed E-state index contributed by atoms with van der Waals surface area (Å²) in [5, 5.41) is 2.02. The van der Waals surface area contributed by atoms with Crippen LogP contribution in [-0.2, 0) is 11.3 Å². The molecule has 1 amide bonds. The van der Waals surface area contributed by atoms with E-state index in [0.717, 1.165) is 26.4 Å². The number of rotatable bonds is 3. The fourth-order valence-electron chi connectivity index (χ4n) is 3.46. The number of amides is 1. The molecule has 3 nitrogen and oxygen atoms in total. The zero-order valence-electron chi connectivity index (χ0n) is 14.5. The Labute approximate surface area is 169 Å². The van der Waals surface area contributed by atoms with Crippen molar-refractivity contribution in [3.8, 4) is 10.4 Å². The van der Waals surface area contributed by atoms with Crippen molar-refractivity contribution >= 4 is 40.2 Å². The number of aryl methyl sites for hydroxylation is 1. The highest BCUT2D eigenvalue weighted by Crippen LogP contribution is 2.44. The van der Waals surface area contributed by atoms with Crippen LogP contribution in [0.25, 0.3) is 10.4 Å². The number of carbonyl (C=O) groups excluding carboxylic acids is 1. The van der Waals surface area contributed by atoms with Gasteiger partial charge in [-0.25, -0.2) is 4.98 Å². The third-order valence-electron chi connectivity index (χ3n) is 4.76. The first-order valence-electron chi connectivity index (χ1n) is 8.37. The predicted octanol–water partition coefficient (Wildman–Crippen LogP) is 5.63. The Morgan fingerprint density at radius 3 is 3.00 bits per heavy atom. The van der Waals surface area contributed by atoms with Gasteiger partial charge in [0.2, 0.25) is 11.9 Å². The van der Waals surface area contributed by atoms with Gasteiger partial charge < -0.3 is 4.90 Å². The zero-order chi connectivity index (χ0) is 19.1. The zero-order valence-corrected chi connectivity index (χ0v) is 16.9. The van der Waals surface area contributed by atoms with E-state index >= 15 is 0 Å². The number of carbonyl (C=O) groups is 1. The van der Waals surface area contributed by atoms with Crippen LogP contribution in [0, 0.1) is 12.9 Å². The molecule has 27 heavy (non-hydrogen) atoms. The summed E-state index contributed by atoms with van der Waals surface area (Å²) >= 11 is 9.38. The van der Waals surface area contributed by atoms with Gasteiger partial charge in [0.25, 0.3) is 0 Å². The van der Waals surface area contributed by atoms with Gasteiger partial charge in [0, 0.05) is 39.5 Å². The topological polar surface area (TPSA) is 33.2 Å². The van der Waals surface area contributed by atoms with E-state index in [4.69, 9.17) is 11.6 Å². The van der Waals surface area contributed by atoms with E-state index in [0.29, 0.717) is 23.0 Å². The molecule has 4 heterocycles. The molecule has 3 aromatic heterocycles. The third-order valence-corrected chi connectivity index (χ3v) is 7.00. The molecule has 0 bridgehead atoms. The maximum absolute atomic E-state index is 13.6.